The van der Waals surface area contributed by atoms with Gasteiger partial charge in [-0.25, -0.2) is 4.79 Å². The molecule has 2 aliphatic rings. The second-order valence-electron chi connectivity index (χ2n) is 7.99. The number of hydrogen-bond acceptors (Lipinski definition) is 3. The van der Waals surface area contributed by atoms with Crippen LogP contribution in [0.15, 0.2) is 72.7 Å². The molecule has 2 aliphatic heterocycles. The van der Waals surface area contributed by atoms with E-state index in [-0.39, 0.29) is 11.9 Å². The molecule has 1 N–H and O–H groups in total. The molecule has 0 saturated carbocycles. The number of benzene rings is 1. The maximum absolute atomic E-state index is 13.4. The van der Waals surface area contributed by atoms with Gasteiger partial charge >= 0.3 is 6.03 Å². The van der Waals surface area contributed by atoms with E-state index in [1.165, 1.54) is 5.56 Å². The molecule has 154 valence electrons. The molecule has 0 radical (unpaired) electrons. The highest BCUT2D eigenvalue weighted by atomic mass is 16.2. The Kier molecular flexibility index (Phi) is 5.40. The molecule has 30 heavy (non-hydrogen) atoms. The topological polar surface area (TPSA) is 65.5 Å². The number of carbonyl (C=O) groups excluding carboxylic acids is 2. The number of hydrogen-bond donors (Lipinski definition) is 1. The van der Waals surface area contributed by atoms with E-state index >= 15 is 0 Å². The molecule has 0 spiro atoms. The summed E-state index contributed by atoms with van der Waals surface area (Å²) in [6.07, 6.45) is 5.15. The Morgan fingerprint density at radius 3 is 2.63 bits per heavy atom. The Balaban J connectivity index is 1.69. The number of nitrogens with one attached hydrogen (secondary N) is 1. The van der Waals surface area contributed by atoms with Crippen molar-refractivity contribution in [2.24, 2.45) is 0 Å². The lowest BCUT2D eigenvalue weighted by Gasteiger charge is -2.33. The van der Waals surface area contributed by atoms with Crippen molar-refractivity contribution in [1.82, 2.24) is 20.1 Å². The van der Waals surface area contributed by atoms with Gasteiger partial charge in [-0.05, 0) is 28.7 Å². The van der Waals surface area contributed by atoms with Crippen LogP contribution in [0.2, 0.25) is 0 Å². The van der Waals surface area contributed by atoms with E-state index in [4.69, 9.17) is 0 Å². The Morgan fingerprint density at radius 2 is 2.00 bits per heavy atom. The van der Waals surface area contributed by atoms with Gasteiger partial charge < -0.3 is 10.2 Å². The van der Waals surface area contributed by atoms with E-state index in [1.54, 1.807) is 28.3 Å². The normalized spacial score (nSPS) is 18.7. The molecule has 0 bridgehead atoms. The smallest absolute Gasteiger partial charge is 0.322 e. The summed E-state index contributed by atoms with van der Waals surface area (Å²) in [6, 6.07) is 11.3. The van der Waals surface area contributed by atoms with Crippen molar-refractivity contribution in [3.63, 3.8) is 0 Å². The quantitative estimate of drug-likeness (QED) is 0.749. The third-order valence-electron chi connectivity index (χ3n) is 5.64. The largest absolute Gasteiger partial charge is 0.329 e. The highest BCUT2D eigenvalue weighted by Crippen LogP contribution is 2.37. The van der Waals surface area contributed by atoms with Crippen LogP contribution in [0.25, 0.3) is 0 Å². The highest BCUT2D eigenvalue weighted by Gasteiger charge is 2.43. The Labute approximate surface area is 176 Å². The summed E-state index contributed by atoms with van der Waals surface area (Å²) >= 11 is 0. The highest BCUT2D eigenvalue weighted by molar-refractivity contribution is 6.01. The predicted octanol–water partition coefficient (Wildman–Crippen LogP) is 3.75. The van der Waals surface area contributed by atoms with Crippen LogP contribution in [-0.2, 0) is 11.3 Å². The summed E-state index contributed by atoms with van der Waals surface area (Å²) in [5.41, 5.74) is 4.48. The fourth-order valence-electron chi connectivity index (χ4n) is 4.03. The van der Waals surface area contributed by atoms with Crippen molar-refractivity contribution in [3.8, 4) is 0 Å². The first-order valence-corrected chi connectivity index (χ1v) is 10.2. The minimum Gasteiger partial charge on any atom is -0.329 e. The van der Waals surface area contributed by atoms with Gasteiger partial charge in [0.15, 0.2) is 0 Å². The van der Waals surface area contributed by atoms with Crippen LogP contribution in [0.4, 0.5) is 4.79 Å². The van der Waals surface area contributed by atoms with Crippen molar-refractivity contribution in [3.05, 3.63) is 89.4 Å². The first kappa shape index (κ1) is 19.9. The predicted molar refractivity (Wildman–Crippen MR) is 115 cm³/mol. The van der Waals surface area contributed by atoms with Gasteiger partial charge in [0.05, 0.1) is 23.9 Å². The van der Waals surface area contributed by atoms with E-state index in [0.717, 1.165) is 16.8 Å². The van der Waals surface area contributed by atoms with Gasteiger partial charge in [0.2, 0.25) is 0 Å². The molecule has 1 aromatic carbocycles. The minimum atomic E-state index is -0.457. The number of urea groups is 1. The van der Waals surface area contributed by atoms with Crippen LogP contribution in [-0.4, -0.2) is 39.8 Å². The van der Waals surface area contributed by atoms with Gasteiger partial charge in [0.1, 0.15) is 0 Å². The van der Waals surface area contributed by atoms with E-state index in [2.05, 4.69) is 42.9 Å². The van der Waals surface area contributed by atoms with Gasteiger partial charge in [-0.15, -0.1) is 6.58 Å². The van der Waals surface area contributed by atoms with Gasteiger partial charge in [-0.1, -0.05) is 50.3 Å². The lowest BCUT2D eigenvalue weighted by Crippen LogP contribution is -2.47. The molecule has 6 nitrogen and oxygen atoms in total. The fraction of sp³-hybridized carbons (Fsp3) is 0.292. The summed E-state index contributed by atoms with van der Waals surface area (Å²) in [6.45, 7) is 9.25. The van der Waals surface area contributed by atoms with E-state index < -0.39 is 6.04 Å². The average molecular weight is 402 g/mol. The molecule has 0 fully saturated rings. The van der Waals surface area contributed by atoms with Crippen LogP contribution >= 0.6 is 0 Å². The second-order valence-corrected chi connectivity index (χ2v) is 7.99. The van der Waals surface area contributed by atoms with Crippen molar-refractivity contribution < 1.29 is 9.59 Å². The summed E-state index contributed by atoms with van der Waals surface area (Å²) < 4.78 is 0. The molecule has 2 aromatic rings. The lowest BCUT2D eigenvalue weighted by molar-refractivity contribution is -0.126. The average Bonchev–Trinajstić information content (AvgIpc) is 3.07. The molecule has 1 aromatic heterocycles. The first-order chi connectivity index (χ1) is 14.5. The minimum absolute atomic E-state index is 0.0548. The third-order valence-corrected chi connectivity index (χ3v) is 5.64. The molecule has 0 saturated heterocycles. The van der Waals surface area contributed by atoms with E-state index in [9.17, 15) is 9.59 Å². The zero-order valence-electron chi connectivity index (χ0n) is 17.3. The summed E-state index contributed by atoms with van der Waals surface area (Å²) in [4.78, 5) is 33.8. The van der Waals surface area contributed by atoms with Crippen molar-refractivity contribution in [2.75, 3.05) is 13.1 Å². The summed E-state index contributed by atoms with van der Waals surface area (Å²) in [7, 11) is 0. The molecule has 6 heteroatoms. The van der Waals surface area contributed by atoms with Gasteiger partial charge in [-0.2, -0.15) is 0 Å². The van der Waals surface area contributed by atoms with E-state index in [1.807, 2.05) is 24.3 Å². The maximum atomic E-state index is 13.4. The molecule has 3 heterocycles. The Hall–Kier alpha value is -3.41. The number of pyridine rings is 1. The number of amides is 3. The number of nitrogens with zero attached hydrogens (tertiary/aromatic N) is 3. The van der Waals surface area contributed by atoms with Crippen LogP contribution in [0, 0.1) is 0 Å². The van der Waals surface area contributed by atoms with Crippen LogP contribution in [0.3, 0.4) is 0 Å². The van der Waals surface area contributed by atoms with Gasteiger partial charge in [0.25, 0.3) is 5.91 Å². The molecule has 1 unspecified atom stereocenters. The standard InChI is InChI=1S/C24H26N4O2/c1-4-12-28-20-15-27(14-17-6-5-11-25-13-17)23(29)21(20)22(26-24(28)30)19-9-7-18(8-10-19)16(2)3/h4-11,13,16,22H,1,12,14-15H2,2-3H3,(H,26,30). The zero-order chi connectivity index (χ0) is 21.3. The summed E-state index contributed by atoms with van der Waals surface area (Å²) in [5, 5.41) is 3.02. The monoisotopic (exact) mass is 402 g/mol. The second kappa shape index (κ2) is 8.14. The van der Waals surface area contributed by atoms with Crippen LogP contribution in [0.1, 0.15) is 42.5 Å². The maximum Gasteiger partial charge on any atom is 0.322 e. The van der Waals surface area contributed by atoms with Crippen LogP contribution in [0.5, 0.6) is 0 Å². The molecular formula is C24H26N4O2. The molecule has 3 amide bonds. The number of carbonyl (C=O) groups is 2. The SMILES string of the molecule is C=CCN1C(=O)NC(c2ccc(C(C)C)cc2)C2=C1CN(Cc1cccnc1)C2=O. The molecule has 4 rings (SSSR count). The molecule has 0 aliphatic carbocycles. The van der Waals surface area contributed by atoms with Gasteiger partial charge in [-0.3, -0.25) is 14.7 Å². The van der Waals surface area contributed by atoms with Crippen molar-refractivity contribution >= 4 is 11.9 Å². The third kappa shape index (κ3) is 3.61. The van der Waals surface area contributed by atoms with Gasteiger partial charge in [0, 0.05) is 25.5 Å². The molecule has 1 atom stereocenters. The first-order valence-electron chi connectivity index (χ1n) is 10.2. The number of aromatic nitrogens is 1. The van der Waals surface area contributed by atoms with Crippen molar-refractivity contribution in [2.45, 2.75) is 32.4 Å². The Morgan fingerprint density at radius 1 is 1.23 bits per heavy atom. The zero-order valence-corrected chi connectivity index (χ0v) is 17.3. The Bertz CT molecular complexity index is 996. The molecular weight excluding hydrogens is 376 g/mol. The lowest BCUT2D eigenvalue weighted by atomic mass is 9.93. The summed E-state index contributed by atoms with van der Waals surface area (Å²) in [5.74, 6) is 0.363. The fourth-order valence-corrected chi connectivity index (χ4v) is 4.03. The van der Waals surface area contributed by atoms with E-state index in [0.29, 0.717) is 31.1 Å². The number of rotatable bonds is 6. The van der Waals surface area contributed by atoms with Crippen LogP contribution < -0.4 is 5.32 Å². The van der Waals surface area contributed by atoms with Crippen molar-refractivity contribution in [1.29, 1.82) is 0 Å².